The summed E-state index contributed by atoms with van der Waals surface area (Å²) in [6.07, 6.45) is -3.29. The van der Waals surface area contributed by atoms with Gasteiger partial charge in [0.15, 0.2) is 6.23 Å². The van der Waals surface area contributed by atoms with Crippen molar-refractivity contribution in [3.63, 3.8) is 0 Å². The van der Waals surface area contributed by atoms with Gasteiger partial charge in [0.1, 0.15) is 24.1 Å². The van der Waals surface area contributed by atoms with Gasteiger partial charge in [-0.15, -0.1) is 0 Å². The van der Waals surface area contributed by atoms with Crippen molar-refractivity contribution < 1.29 is 38.6 Å². The summed E-state index contributed by atoms with van der Waals surface area (Å²) in [7, 11) is -3.15. The maximum Gasteiger partial charge on any atom is 0.469 e. The smallest absolute Gasteiger partial charge is 0.469 e. The second-order valence-corrected chi connectivity index (χ2v) is 7.03. The summed E-state index contributed by atoms with van der Waals surface area (Å²) < 4.78 is 27.5. The van der Waals surface area contributed by atoms with E-state index in [9.17, 15) is 14.8 Å². The zero-order valence-electron chi connectivity index (χ0n) is 13.5. The lowest BCUT2D eigenvalue weighted by Gasteiger charge is -2.17. The molecular weight excluding hydrogens is 355 g/mol. The van der Waals surface area contributed by atoms with Gasteiger partial charge in [-0.25, -0.2) is 9.55 Å². The Morgan fingerprint density at radius 1 is 1.32 bits per heavy atom. The first-order valence-corrected chi connectivity index (χ1v) is 8.97. The predicted octanol–water partition coefficient (Wildman–Crippen LogP) is 0.0818. The Balaban J connectivity index is 1.88. The number of phosphoric acid groups is 1. The molecule has 11 heteroatoms. The van der Waals surface area contributed by atoms with Crippen molar-refractivity contribution in [2.75, 3.05) is 13.7 Å². The zero-order chi connectivity index (χ0) is 18.4. The number of benzene rings is 1. The first kappa shape index (κ1) is 18.3. The van der Waals surface area contributed by atoms with Crippen molar-refractivity contribution in [1.29, 1.82) is 0 Å². The Hall–Kier alpha value is -1.52. The highest BCUT2D eigenvalue weighted by atomic mass is 31.2. The summed E-state index contributed by atoms with van der Waals surface area (Å²) in [4.78, 5) is 21.8. The molecule has 1 aliphatic heterocycles. The molecule has 0 unspecified atom stereocenters. The van der Waals surface area contributed by atoms with Gasteiger partial charge in [-0.3, -0.25) is 4.52 Å². The molecule has 2 heterocycles. The number of fused-ring (bicyclic) bond motifs is 1. The highest BCUT2D eigenvalue weighted by Gasteiger charge is 2.44. The third kappa shape index (κ3) is 3.56. The fourth-order valence-electron chi connectivity index (χ4n) is 2.85. The van der Waals surface area contributed by atoms with Crippen molar-refractivity contribution in [1.82, 2.24) is 9.55 Å². The molecule has 0 saturated carbocycles. The predicted molar refractivity (Wildman–Crippen MR) is 84.9 cm³/mol. The van der Waals surface area contributed by atoms with Crippen LogP contribution in [0.5, 0.6) is 5.75 Å². The number of aliphatic hydroxyl groups excluding tert-OH is 2. The number of aryl methyl sites for hydroxylation is 1. The number of methoxy groups -OCH3 is 1. The number of hydrogen-bond donors (Lipinski definition) is 4. The standard InChI is InChI=1S/C14H19N2O8P/c1-7-3-9-8(4-10(7)22-2)15-6-16(9)14-13(18)12(17)11(24-14)5-23-25(19,20)21/h3-4,6,11-14,17-18H,5H2,1-2H3,(H2,19,20,21)/t11-,12-,13-,14+/m1/s1. The Morgan fingerprint density at radius 2 is 2.04 bits per heavy atom. The molecule has 138 valence electrons. The fourth-order valence-corrected chi connectivity index (χ4v) is 3.19. The molecule has 2 aromatic rings. The van der Waals surface area contributed by atoms with Gasteiger partial charge in [-0.1, -0.05) is 0 Å². The van der Waals surface area contributed by atoms with E-state index in [-0.39, 0.29) is 0 Å². The van der Waals surface area contributed by atoms with E-state index in [4.69, 9.17) is 19.3 Å². The van der Waals surface area contributed by atoms with Crippen LogP contribution in [0.25, 0.3) is 11.0 Å². The summed E-state index contributed by atoms with van der Waals surface area (Å²) >= 11 is 0. The van der Waals surface area contributed by atoms with Crippen LogP contribution in [-0.4, -0.2) is 61.6 Å². The molecule has 1 saturated heterocycles. The molecule has 0 aliphatic carbocycles. The lowest BCUT2D eigenvalue weighted by atomic mass is 10.1. The molecule has 1 fully saturated rings. The Morgan fingerprint density at radius 3 is 2.68 bits per heavy atom. The van der Waals surface area contributed by atoms with Crippen molar-refractivity contribution in [2.24, 2.45) is 0 Å². The molecule has 10 nitrogen and oxygen atoms in total. The van der Waals surface area contributed by atoms with E-state index >= 15 is 0 Å². The van der Waals surface area contributed by atoms with Gasteiger partial charge in [0, 0.05) is 6.07 Å². The molecule has 4 N–H and O–H groups in total. The average molecular weight is 374 g/mol. The number of aromatic nitrogens is 2. The number of aliphatic hydroxyl groups is 2. The lowest BCUT2D eigenvalue weighted by Crippen LogP contribution is -2.33. The van der Waals surface area contributed by atoms with Crippen LogP contribution < -0.4 is 4.74 Å². The topological polar surface area (TPSA) is 144 Å². The highest BCUT2D eigenvalue weighted by Crippen LogP contribution is 2.39. The number of imidazole rings is 1. The van der Waals surface area contributed by atoms with Gasteiger partial charge in [0.25, 0.3) is 0 Å². The van der Waals surface area contributed by atoms with E-state index in [2.05, 4.69) is 9.51 Å². The maximum absolute atomic E-state index is 10.8. The van der Waals surface area contributed by atoms with Crippen LogP contribution in [-0.2, 0) is 13.8 Å². The number of rotatable bonds is 5. The second-order valence-electron chi connectivity index (χ2n) is 5.80. The second kappa shape index (κ2) is 6.65. The summed E-state index contributed by atoms with van der Waals surface area (Å²) in [5.74, 6) is 0.665. The normalized spacial score (nSPS) is 27.1. The summed E-state index contributed by atoms with van der Waals surface area (Å²) in [5.41, 5.74) is 2.12. The minimum atomic E-state index is -4.70. The first-order chi connectivity index (χ1) is 11.7. The van der Waals surface area contributed by atoms with Gasteiger partial charge in [0.2, 0.25) is 0 Å². The minimum Gasteiger partial charge on any atom is -0.496 e. The Labute approximate surface area is 142 Å². The van der Waals surface area contributed by atoms with Crippen LogP contribution in [0.3, 0.4) is 0 Å². The quantitative estimate of drug-likeness (QED) is 0.535. The van der Waals surface area contributed by atoms with E-state index in [1.54, 1.807) is 17.7 Å². The third-order valence-corrected chi connectivity index (χ3v) is 4.60. The number of hydrogen-bond acceptors (Lipinski definition) is 7. The molecule has 1 aliphatic rings. The molecule has 0 bridgehead atoms. The molecule has 25 heavy (non-hydrogen) atoms. The first-order valence-electron chi connectivity index (χ1n) is 7.44. The molecule has 1 aromatic heterocycles. The Bertz CT molecular complexity index is 819. The third-order valence-electron chi connectivity index (χ3n) is 4.11. The van der Waals surface area contributed by atoms with E-state index < -0.39 is 39.0 Å². The molecule has 4 atom stereocenters. The van der Waals surface area contributed by atoms with Gasteiger partial charge in [-0.2, -0.15) is 0 Å². The molecular formula is C14H19N2O8P. The minimum absolute atomic E-state index is 0.557. The zero-order valence-corrected chi connectivity index (χ0v) is 14.4. The fraction of sp³-hybridized carbons (Fsp3) is 0.500. The average Bonchev–Trinajstić information content (AvgIpc) is 3.06. The molecule has 0 radical (unpaired) electrons. The van der Waals surface area contributed by atoms with E-state index in [0.717, 1.165) is 5.56 Å². The number of phosphoric ester groups is 1. The van der Waals surface area contributed by atoms with Crippen molar-refractivity contribution in [2.45, 2.75) is 31.5 Å². The highest BCUT2D eigenvalue weighted by molar-refractivity contribution is 7.46. The van der Waals surface area contributed by atoms with Crippen LogP contribution >= 0.6 is 7.82 Å². The SMILES string of the molecule is COc1cc2ncn([C@H]3O[C@H](COP(=O)(O)O)[C@@H](O)[C@H]3O)c2cc1C. The van der Waals surface area contributed by atoms with Crippen molar-refractivity contribution in [3.05, 3.63) is 24.0 Å². The number of nitrogens with zero attached hydrogens (tertiary/aromatic N) is 2. The van der Waals surface area contributed by atoms with Crippen LogP contribution in [0.1, 0.15) is 11.8 Å². The van der Waals surface area contributed by atoms with Crippen molar-refractivity contribution >= 4 is 18.9 Å². The van der Waals surface area contributed by atoms with Gasteiger partial charge >= 0.3 is 7.82 Å². The monoisotopic (exact) mass is 374 g/mol. The number of ether oxygens (including phenoxy) is 2. The lowest BCUT2D eigenvalue weighted by molar-refractivity contribution is -0.0501. The maximum atomic E-state index is 10.8. The van der Waals surface area contributed by atoms with E-state index in [1.807, 2.05) is 13.0 Å². The summed E-state index contributed by atoms with van der Waals surface area (Å²) in [5, 5.41) is 20.3. The molecule has 1 aromatic carbocycles. The van der Waals surface area contributed by atoms with E-state index in [0.29, 0.717) is 16.8 Å². The van der Waals surface area contributed by atoms with Gasteiger partial charge in [0.05, 0.1) is 31.1 Å². The molecule has 3 rings (SSSR count). The van der Waals surface area contributed by atoms with Crippen LogP contribution in [0.4, 0.5) is 0 Å². The van der Waals surface area contributed by atoms with Crippen LogP contribution in [0.2, 0.25) is 0 Å². The summed E-state index contributed by atoms with van der Waals surface area (Å²) in [6.45, 7) is 1.30. The van der Waals surface area contributed by atoms with Crippen LogP contribution in [0, 0.1) is 6.92 Å². The van der Waals surface area contributed by atoms with Crippen molar-refractivity contribution in [3.8, 4) is 5.75 Å². The largest absolute Gasteiger partial charge is 0.496 e. The van der Waals surface area contributed by atoms with Gasteiger partial charge in [-0.05, 0) is 18.6 Å². The summed E-state index contributed by atoms with van der Waals surface area (Å²) in [6, 6.07) is 3.55. The van der Waals surface area contributed by atoms with E-state index in [1.165, 1.54) is 6.33 Å². The molecule has 0 amide bonds. The Kier molecular flexibility index (Phi) is 4.86. The van der Waals surface area contributed by atoms with Crippen LogP contribution in [0.15, 0.2) is 18.5 Å². The molecule has 0 spiro atoms. The van der Waals surface area contributed by atoms with Gasteiger partial charge < -0.3 is 34.0 Å².